The first-order chi connectivity index (χ1) is 7.77. The molecule has 0 fully saturated rings. The molecule has 3 nitrogen and oxygen atoms in total. The number of hydrogen-bond acceptors (Lipinski definition) is 4. The predicted octanol–water partition coefficient (Wildman–Crippen LogP) is 3.47. The molecular formula is C11H11ClN2OS. The Hall–Kier alpha value is -0.970. The second kappa shape index (κ2) is 5.39. The average Bonchev–Trinajstić information content (AvgIpc) is 2.73. The van der Waals surface area contributed by atoms with Crippen molar-refractivity contribution in [2.45, 2.75) is 19.6 Å². The normalized spacial score (nSPS) is 12.6. The summed E-state index contributed by atoms with van der Waals surface area (Å²) in [7, 11) is 0. The van der Waals surface area contributed by atoms with E-state index in [0.717, 1.165) is 5.56 Å². The molecular weight excluding hydrogens is 244 g/mol. The van der Waals surface area contributed by atoms with E-state index in [1.54, 1.807) is 0 Å². The summed E-state index contributed by atoms with van der Waals surface area (Å²) in [6.45, 7) is 2.40. The lowest BCUT2D eigenvalue weighted by Crippen LogP contribution is -2.00. The molecule has 1 aromatic heterocycles. The van der Waals surface area contributed by atoms with Crippen LogP contribution < -0.4 is 0 Å². The molecule has 0 aliphatic carbocycles. The van der Waals surface area contributed by atoms with Crippen molar-refractivity contribution in [1.82, 2.24) is 9.59 Å². The number of hydrogen-bond donors (Lipinski definition) is 0. The molecule has 0 bridgehead atoms. The molecule has 5 heteroatoms. The second-order valence-electron chi connectivity index (χ2n) is 3.36. The van der Waals surface area contributed by atoms with Crippen molar-refractivity contribution in [2.24, 2.45) is 0 Å². The molecule has 0 N–H and O–H groups in total. The van der Waals surface area contributed by atoms with Crippen LogP contribution in [0, 0.1) is 0 Å². The Morgan fingerprint density at radius 2 is 2.12 bits per heavy atom. The SMILES string of the molecule is CC(OCc1nnsc1Cl)c1ccccc1. The minimum absolute atomic E-state index is 0.0268. The molecule has 0 saturated carbocycles. The summed E-state index contributed by atoms with van der Waals surface area (Å²) in [5, 5.41) is 3.89. The average molecular weight is 255 g/mol. The summed E-state index contributed by atoms with van der Waals surface area (Å²) in [5.74, 6) is 0. The van der Waals surface area contributed by atoms with E-state index >= 15 is 0 Å². The lowest BCUT2D eigenvalue weighted by Gasteiger charge is -2.12. The van der Waals surface area contributed by atoms with E-state index in [4.69, 9.17) is 16.3 Å². The summed E-state index contributed by atoms with van der Waals surface area (Å²) in [5.41, 5.74) is 1.84. The molecule has 1 aromatic carbocycles. The van der Waals surface area contributed by atoms with E-state index in [2.05, 4.69) is 9.59 Å². The first kappa shape index (κ1) is 11.5. The van der Waals surface area contributed by atoms with Crippen LogP contribution in [-0.4, -0.2) is 9.59 Å². The van der Waals surface area contributed by atoms with E-state index in [1.807, 2.05) is 37.3 Å². The maximum absolute atomic E-state index is 5.88. The second-order valence-corrected chi connectivity index (χ2v) is 4.71. The molecule has 84 valence electrons. The van der Waals surface area contributed by atoms with Gasteiger partial charge < -0.3 is 4.74 Å². The Balaban J connectivity index is 1.94. The maximum Gasteiger partial charge on any atom is 0.139 e. The molecule has 0 saturated heterocycles. The van der Waals surface area contributed by atoms with Crippen molar-refractivity contribution in [3.8, 4) is 0 Å². The molecule has 1 unspecified atom stereocenters. The molecule has 1 heterocycles. The minimum Gasteiger partial charge on any atom is -0.367 e. The maximum atomic E-state index is 5.88. The summed E-state index contributed by atoms with van der Waals surface area (Å²) in [6, 6.07) is 10.0. The van der Waals surface area contributed by atoms with E-state index in [9.17, 15) is 0 Å². The van der Waals surface area contributed by atoms with E-state index in [1.165, 1.54) is 11.5 Å². The van der Waals surface area contributed by atoms with Gasteiger partial charge in [0.1, 0.15) is 10.0 Å². The zero-order valence-corrected chi connectivity index (χ0v) is 10.3. The number of aromatic nitrogens is 2. The van der Waals surface area contributed by atoms with Gasteiger partial charge in [-0.25, -0.2) is 0 Å². The highest BCUT2D eigenvalue weighted by Gasteiger charge is 2.09. The standard InChI is InChI=1S/C11H11ClN2OS/c1-8(9-5-3-2-4-6-9)15-7-10-11(12)16-14-13-10/h2-6,8H,7H2,1H3. The summed E-state index contributed by atoms with van der Waals surface area (Å²) >= 11 is 7.06. The Labute approximate surface area is 103 Å². The molecule has 0 radical (unpaired) electrons. The highest BCUT2D eigenvalue weighted by molar-refractivity contribution is 7.10. The van der Waals surface area contributed by atoms with Crippen molar-refractivity contribution in [2.75, 3.05) is 0 Å². The first-order valence-electron chi connectivity index (χ1n) is 4.90. The zero-order chi connectivity index (χ0) is 11.4. The number of rotatable bonds is 4. The van der Waals surface area contributed by atoms with Crippen LogP contribution in [0.5, 0.6) is 0 Å². The summed E-state index contributed by atoms with van der Waals surface area (Å²) in [6.07, 6.45) is 0.0268. The highest BCUT2D eigenvalue weighted by atomic mass is 35.5. The van der Waals surface area contributed by atoms with Gasteiger partial charge in [-0.05, 0) is 12.5 Å². The van der Waals surface area contributed by atoms with Crippen molar-refractivity contribution in [1.29, 1.82) is 0 Å². The Bertz CT molecular complexity index is 446. The van der Waals surface area contributed by atoms with E-state index in [-0.39, 0.29) is 6.10 Å². The van der Waals surface area contributed by atoms with Crippen molar-refractivity contribution >= 4 is 23.1 Å². The molecule has 16 heavy (non-hydrogen) atoms. The van der Waals surface area contributed by atoms with Gasteiger partial charge in [0, 0.05) is 11.5 Å². The number of halogens is 1. The van der Waals surface area contributed by atoms with Crippen LogP contribution in [0.4, 0.5) is 0 Å². The fraction of sp³-hybridized carbons (Fsp3) is 0.273. The van der Waals surface area contributed by atoms with Gasteiger partial charge in [0.2, 0.25) is 0 Å². The number of ether oxygens (including phenoxy) is 1. The summed E-state index contributed by atoms with van der Waals surface area (Å²) < 4.78 is 10.0. The number of benzene rings is 1. The molecule has 0 spiro atoms. The third-order valence-electron chi connectivity index (χ3n) is 2.25. The molecule has 1 atom stereocenters. The molecule has 2 rings (SSSR count). The van der Waals surface area contributed by atoms with Crippen LogP contribution in [0.1, 0.15) is 24.3 Å². The predicted molar refractivity (Wildman–Crippen MR) is 64.6 cm³/mol. The third kappa shape index (κ3) is 2.78. The summed E-state index contributed by atoms with van der Waals surface area (Å²) in [4.78, 5) is 0. The quantitative estimate of drug-likeness (QED) is 0.838. The Kier molecular flexibility index (Phi) is 3.88. The van der Waals surface area contributed by atoms with Crippen LogP contribution in [0.3, 0.4) is 0 Å². The Morgan fingerprint density at radius 3 is 2.75 bits per heavy atom. The monoisotopic (exact) mass is 254 g/mol. The lowest BCUT2D eigenvalue weighted by atomic mass is 10.1. The van der Waals surface area contributed by atoms with Gasteiger partial charge in [-0.3, -0.25) is 0 Å². The van der Waals surface area contributed by atoms with Gasteiger partial charge in [-0.1, -0.05) is 46.4 Å². The van der Waals surface area contributed by atoms with Gasteiger partial charge in [0.05, 0.1) is 12.7 Å². The van der Waals surface area contributed by atoms with Gasteiger partial charge in [0.15, 0.2) is 0 Å². The van der Waals surface area contributed by atoms with Gasteiger partial charge in [-0.15, -0.1) is 5.10 Å². The van der Waals surface area contributed by atoms with Crippen LogP contribution in [-0.2, 0) is 11.3 Å². The third-order valence-corrected chi connectivity index (χ3v) is 3.23. The van der Waals surface area contributed by atoms with Crippen molar-refractivity contribution in [3.63, 3.8) is 0 Å². The van der Waals surface area contributed by atoms with Crippen molar-refractivity contribution < 1.29 is 4.74 Å². The van der Waals surface area contributed by atoms with Crippen molar-refractivity contribution in [3.05, 3.63) is 45.9 Å². The highest BCUT2D eigenvalue weighted by Crippen LogP contribution is 2.22. The van der Waals surface area contributed by atoms with Gasteiger partial charge in [0.25, 0.3) is 0 Å². The van der Waals surface area contributed by atoms with Crippen LogP contribution >= 0.6 is 23.1 Å². The van der Waals surface area contributed by atoms with Crippen LogP contribution in [0.25, 0.3) is 0 Å². The van der Waals surface area contributed by atoms with Crippen LogP contribution in [0.2, 0.25) is 4.34 Å². The fourth-order valence-electron chi connectivity index (χ4n) is 1.31. The topological polar surface area (TPSA) is 35.0 Å². The molecule has 2 aromatic rings. The van der Waals surface area contributed by atoms with Gasteiger partial charge in [-0.2, -0.15) is 0 Å². The Morgan fingerprint density at radius 1 is 1.38 bits per heavy atom. The zero-order valence-electron chi connectivity index (χ0n) is 8.76. The molecule has 0 amide bonds. The van der Waals surface area contributed by atoms with Gasteiger partial charge >= 0.3 is 0 Å². The molecule has 0 aliphatic rings. The van der Waals surface area contributed by atoms with Crippen LogP contribution in [0.15, 0.2) is 30.3 Å². The lowest BCUT2D eigenvalue weighted by molar-refractivity contribution is 0.0506. The largest absolute Gasteiger partial charge is 0.367 e. The first-order valence-corrected chi connectivity index (χ1v) is 6.06. The van der Waals surface area contributed by atoms with E-state index in [0.29, 0.717) is 16.6 Å². The molecule has 0 aliphatic heterocycles. The smallest absolute Gasteiger partial charge is 0.139 e. The number of nitrogens with zero attached hydrogens (tertiary/aromatic N) is 2. The minimum atomic E-state index is 0.0268. The fourth-order valence-corrected chi connectivity index (χ4v) is 1.91. The van der Waals surface area contributed by atoms with E-state index < -0.39 is 0 Å².